The maximum atomic E-state index is 11.3. The molecule has 1 fully saturated rings. The molecule has 0 aliphatic carbocycles. The van der Waals surface area contributed by atoms with Crippen LogP contribution in [0.25, 0.3) is 0 Å². The summed E-state index contributed by atoms with van der Waals surface area (Å²) in [5, 5.41) is 0. The summed E-state index contributed by atoms with van der Waals surface area (Å²) in [7, 11) is -2.89. The highest BCUT2D eigenvalue weighted by Gasteiger charge is 2.36. The van der Waals surface area contributed by atoms with Crippen LogP contribution >= 0.6 is 0 Å². The lowest BCUT2D eigenvalue weighted by atomic mass is 9.84. The van der Waals surface area contributed by atoms with E-state index in [0.717, 1.165) is 6.42 Å². The third-order valence-corrected chi connectivity index (χ3v) is 4.38. The Morgan fingerprint density at radius 3 is 2.58 bits per heavy atom. The lowest BCUT2D eigenvalue weighted by Gasteiger charge is -2.31. The fourth-order valence-corrected chi connectivity index (χ4v) is 4.24. The first-order chi connectivity index (χ1) is 5.37. The fourth-order valence-electron chi connectivity index (χ4n) is 1.97. The molecule has 68 valence electrons. The first kappa shape index (κ1) is 9.60. The molecule has 0 saturated carbocycles. The standard InChI is InChI=1S/C9H14O2S/c1-4-9(3)5-8(2)6-12(10,11)7-9/h1,8H,5-7H2,2-3H3. The van der Waals surface area contributed by atoms with Crippen LogP contribution in [0.3, 0.4) is 0 Å². The molecular weight excluding hydrogens is 172 g/mol. The first-order valence-electron chi connectivity index (χ1n) is 4.05. The number of rotatable bonds is 0. The second-order valence-corrected chi connectivity index (χ2v) is 6.18. The van der Waals surface area contributed by atoms with E-state index in [1.165, 1.54) is 0 Å². The molecule has 0 amide bonds. The van der Waals surface area contributed by atoms with Crippen LogP contribution in [0, 0.1) is 23.7 Å². The Balaban J connectivity index is 2.94. The Kier molecular flexibility index (Phi) is 2.22. The van der Waals surface area contributed by atoms with Crippen LogP contribution in [0.5, 0.6) is 0 Å². The van der Waals surface area contributed by atoms with Crippen LogP contribution < -0.4 is 0 Å². The average Bonchev–Trinajstić information content (AvgIpc) is 1.82. The zero-order chi connectivity index (χ0) is 9.41. The molecular formula is C9H14O2S. The van der Waals surface area contributed by atoms with Gasteiger partial charge < -0.3 is 0 Å². The van der Waals surface area contributed by atoms with Gasteiger partial charge in [0.05, 0.1) is 11.5 Å². The topological polar surface area (TPSA) is 34.1 Å². The summed E-state index contributed by atoms with van der Waals surface area (Å²) in [5.41, 5.74) is -0.434. The van der Waals surface area contributed by atoms with Crippen molar-refractivity contribution in [2.75, 3.05) is 11.5 Å². The second kappa shape index (κ2) is 2.77. The van der Waals surface area contributed by atoms with Crippen molar-refractivity contribution in [1.82, 2.24) is 0 Å². The Hall–Kier alpha value is -0.490. The van der Waals surface area contributed by atoms with E-state index in [1.807, 2.05) is 13.8 Å². The maximum Gasteiger partial charge on any atom is 0.152 e. The Bertz CT molecular complexity index is 310. The van der Waals surface area contributed by atoms with E-state index in [9.17, 15) is 8.42 Å². The highest BCUT2D eigenvalue weighted by Crippen LogP contribution is 2.33. The van der Waals surface area contributed by atoms with Crippen LogP contribution in [-0.4, -0.2) is 19.9 Å². The summed E-state index contributed by atoms with van der Waals surface area (Å²) in [6, 6.07) is 0. The van der Waals surface area contributed by atoms with Crippen LogP contribution in [0.4, 0.5) is 0 Å². The lowest BCUT2D eigenvalue weighted by molar-refractivity contribution is 0.360. The number of sulfone groups is 1. The summed E-state index contributed by atoms with van der Waals surface area (Å²) < 4.78 is 22.7. The minimum absolute atomic E-state index is 0.154. The number of hydrogen-bond donors (Lipinski definition) is 0. The quantitative estimate of drug-likeness (QED) is 0.530. The molecule has 0 aromatic carbocycles. The molecule has 12 heavy (non-hydrogen) atoms. The monoisotopic (exact) mass is 186 g/mol. The van der Waals surface area contributed by atoms with Crippen molar-refractivity contribution in [1.29, 1.82) is 0 Å². The van der Waals surface area contributed by atoms with Crippen molar-refractivity contribution in [3.63, 3.8) is 0 Å². The molecule has 1 rings (SSSR count). The predicted octanol–water partition coefficient (Wildman–Crippen LogP) is 1.08. The number of hydrogen-bond acceptors (Lipinski definition) is 2. The molecule has 0 spiro atoms. The van der Waals surface area contributed by atoms with Crippen LogP contribution in [-0.2, 0) is 9.84 Å². The van der Waals surface area contributed by atoms with Crippen molar-refractivity contribution >= 4 is 9.84 Å². The Labute approximate surface area is 74.3 Å². The van der Waals surface area contributed by atoms with Crippen molar-refractivity contribution in [3.8, 4) is 12.3 Å². The van der Waals surface area contributed by atoms with Gasteiger partial charge in [-0.15, -0.1) is 6.42 Å². The van der Waals surface area contributed by atoms with Gasteiger partial charge >= 0.3 is 0 Å². The molecule has 0 radical (unpaired) electrons. The van der Waals surface area contributed by atoms with Crippen molar-refractivity contribution in [2.24, 2.45) is 11.3 Å². The van der Waals surface area contributed by atoms with E-state index < -0.39 is 15.3 Å². The first-order valence-corrected chi connectivity index (χ1v) is 5.87. The Morgan fingerprint density at radius 2 is 2.17 bits per heavy atom. The molecule has 1 heterocycles. The molecule has 2 nitrogen and oxygen atoms in total. The zero-order valence-corrected chi connectivity index (χ0v) is 8.32. The van der Waals surface area contributed by atoms with E-state index >= 15 is 0 Å². The van der Waals surface area contributed by atoms with Crippen LogP contribution in [0.2, 0.25) is 0 Å². The third kappa shape index (κ3) is 2.01. The Morgan fingerprint density at radius 1 is 1.58 bits per heavy atom. The van der Waals surface area contributed by atoms with Crippen LogP contribution in [0.15, 0.2) is 0 Å². The molecule has 0 aromatic heterocycles. The highest BCUT2D eigenvalue weighted by molar-refractivity contribution is 7.91. The predicted molar refractivity (Wildman–Crippen MR) is 49.4 cm³/mol. The van der Waals surface area contributed by atoms with Crippen molar-refractivity contribution in [2.45, 2.75) is 20.3 Å². The van der Waals surface area contributed by atoms with Gasteiger partial charge in [0.1, 0.15) is 0 Å². The molecule has 2 atom stereocenters. The molecule has 0 bridgehead atoms. The van der Waals surface area contributed by atoms with Gasteiger partial charge in [0, 0.05) is 5.41 Å². The largest absolute Gasteiger partial charge is 0.229 e. The third-order valence-electron chi connectivity index (χ3n) is 2.22. The van der Waals surface area contributed by atoms with Gasteiger partial charge in [-0.05, 0) is 19.3 Å². The molecule has 1 aliphatic heterocycles. The number of terminal acetylenes is 1. The lowest BCUT2D eigenvalue weighted by Crippen LogP contribution is -2.37. The highest BCUT2D eigenvalue weighted by atomic mass is 32.2. The summed E-state index contributed by atoms with van der Waals surface area (Å²) in [6.45, 7) is 3.78. The molecule has 0 N–H and O–H groups in total. The minimum Gasteiger partial charge on any atom is -0.229 e. The zero-order valence-electron chi connectivity index (χ0n) is 7.50. The summed E-state index contributed by atoms with van der Waals surface area (Å²) in [4.78, 5) is 0. The van der Waals surface area contributed by atoms with Gasteiger partial charge in [0.2, 0.25) is 0 Å². The SMILES string of the molecule is C#CC1(C)CC(C)CS(=O)(=O)C1. The van der Waals surface area contributed by atoms with Crippen molar-refractivity contribution < 1.29 is 8.42 Å². The van der Waals surface area contributed by atoms with Crippen molar-refractivity contribution in [3.05, 3.63) is 0 Å². The van der Waals surface area contributed by atoms with Crippen LogP contribution in [0.1, 0.15) is 20.3 Å². The average molecular weight is 186 g/mol. The minimum atomic E-state index is -2.89. The van der Waals surface area contributed by atoms with Gasteiger partial charge in [0.25, 0.3) is 0 Å². The molecule has 3 heteroatoms. The van der Waals surface area contributed by atoms with Gasteiger partial charge in [-0.2, -0.15) is 0 Å². The molecule has 0 aromatic rings. The van der Waals surface area contributed by atoms with E-state index in [4.69, 9.17) is 6.42 Å². The van der Waals surface area contributed by atoms with Gasteiger partial charge in [0.15, 0.2) is 9.84 Å². The molecule has 2 unspecified atom stereocenters. The molecule has 1 aliphatic rings. The maximum absolute atomic E-state index is 11.3. The summed E-state index contributed by atoms with van der Waals surface area (Å²) in [5.74, 6) is 3.24. The van der Waals surface area contributed by atoms with E-state index in [-0.39, 0.29) is 11.7 Å². The second-order valence-electron chi connectivity index (χ2n) is 4.07. The van der Waals surface area contributed by atoms with Gasteiger partial charge in [-0.25, -0.2) is 8.42 Å². The van der Waals surface area contributed by atoms with E-state index in [0.29, 0.717) is 5.75 Å². The summed E-state index contributed by atoms with van der Waals surface area (Å²) >= 11 is 0. The van der Waals surface area contributed by atoms with E-state index in [1.54, 1.807) is 0 Å². The fraction of sp³-hybridized carbons (Fsp3) is 0.778. The van der Waals surface area contributed by atoms with E-state index in [2.05, 4.69) is 5.92 Å². The van der Waals surface area contributed by atoms with Gasteiger partial charge in [-0.1, -0.05) is 12.8 Å². The normalized spacial score (nSPS) is 40.2. The molecule has 1 saturated heterocycles. The summed E-state index contributed by atoms with van der Waals surface area (Å²) in [6.07, 6.45) is 6.13. The smallest absolute Gasteiger partial charge is 0.152 e. The van der Waals surface area contributed by atoms with Gasteiger partial charge in [-0.3, -0.25) is 0 Å².